The van der Waals surface area contributed by atoms with Crippen molar-refractivity contribution in [1.29, 1.82) is 0 Å². The first-order valence-corrected chi connectivity index (χ1v) is 7.27. The van der Waals surface area contributed by atoms with Gasteiger partial charge in [0, 0.05) is 5.56 Å². The summed E-state index contributed by atoms with van der Waals surface area (Å²) >= 11 is 0. The van der Waals surface area contributed by atoms with Crippen molar-refractivity contribution in [2.24, 2.45) is 0 Å². The molecule has 0 aliphatic heterocycles. The molecule has 2 heterocycles. The zero-order valence-corrected chi connectivity index (χ0v) is 13.2. The van der Waals surface area contributed by atoms with Crippen molar-refractivity contribution >= 4 is 23.0 Å². The second-order valence-electron chi connectivity index (χ2n) is 5.13. The number of nitrogens with one attached hydrogen (secondary N) is 1. The molecule has 0 unspecified atom stereocenters. The lowest BCUT2D eigenvalue weighted by atomic mass is 10.1. The van der Waals surface area contributed by atoms with Crippen LogP contribution < -0.4 is 5.32 Å². The van der Waals surface area contributed by atoms with Gasteiger partial charge in [0.25, 0.3) is 11.6 Å². The standard InChI is InChI=1S/C17H15N3O4/c1-10-15-12(16(22)18-9-14(21)23-2)8-13(19-17(15)24-20-10)11-6-4-3-5-7-11/h3-8H,9H2,1-2H3,(H,18,22). The predicted octanol–water partition coefficient (Wildman–Crippen LogP) is 2.10. The highest BCUT2D eigenvalue weighted by Crippen LogP contribution is 2.26. The van der Waals surface area contributed by atoms with E-state index in [4.69, 9.17) is 4.52 Å². The number of benzene rings is 1. The second kappa shape index (κ2) is 6.49. The topological polar surface area (TPSA) is 94.3 Å². The lowest BCUT2D eigenvalue weighted by Crippen LogP contribution is -2.30. The molecule has 24 heavy (non-hydrogen) atoms. The summed E-state index contributed by atoms with van der Waals surface area (Å²) in [4.78, 5) is 28.2. The van der Waals surface area contributed by atoms with E-state index in [1.54, 1.807) is 13.0 Å². The van der Waals surface area contributed by atoms with Crippen molar-refractivity contribution < 1.29 is 18.8 Å². The van der Waals surface area contributed by atoms with Crippen LogP contribution in [-0.4, -0.2) is 35.7 Å². The first-order valence-electron chi connectivity index (χ1n) is 7.27. The summed E-state index contributed by atoms with van der Waals surface area (Å²) in [6.45, 7) is 1.51. The molecule has 3 rings (SSSR count). The Morgan fingerprint density at radius 3 is 2.71 bits per heavy atom. The Balaban J connectivity index is 2.06. The largest absolute Gasteiger partial charge is 0.468 e. The number of carbonyl (C=O) groups is 2. The molecule has 7 nitrogen and oxygen atoms in total. The summed E-state index contributed by atoms with van der Waals surface area (Å²) in [6, 6.07) is 11.1. The fourth-order valence-corrected chi connectivity index (χ4v) is 2.35. The van der Waals surface area contributed by atoms with Crippen LogP contribution in [0.1, 0.15) is 16.1 Å². The van der Waals surface area contributed by atoms with Crippen LogP contribution in [0.15, 0.2) is 40.9 Å². The molecule has 0 aliphatic rings. The number of aryl methyl sites for hydroxylation is 1. The maximum absolute atomic E-state index is 12.5. The van der Waals surface area contributed by atoms with E-state index in [-0.39, 0.29) is 12.3 Å². The third-order valence-electron chi connectivity index (χ3n) is 3.55. The molecule has 0 radical (unpaired) electrons. The lowest BCUT2D eigenvalue weighted by Gasteiger charge is -2.07. The van der Waals surface area contributed by atoms with E-state index in [1.165, 1.54) is 7.11 Å². The second-order valence-corrected chi connectivity index (χ2v) is 5.13. The maximum atomic E-state index is 12.5. The van der Waals surface area contributed by atoms with Gasteiger partial charge in [-0.1, -0.05) is 35.5 Å². The highest BCUT2D eigenvalue weighted by Gasteiger charge is 2.19. The van der Waals surface area contributed by atoms with Crippen LogP contribution in [0.2, 0.25) is 0 Å². The van der Waals surface area contributed by atoms with E-state index in [0.29, 0.717) is 22.3 Å². The van der Waals surface area contributed by atoms with Crippen molar-refractivity contribution in [3.8, 4) is 11.3 Å². The molecular weight excluding hydrogens is 310 g/mol. The van der Waals surface area contributed by atoms with Gasteiger partial charge in [0.05, 0.1) is 29.4 Å². The van der Waals surface area contributed by atoms with Gasteiger partial charge in [-0.25, -0.2) is 4.98 Å². The number of esters is 1. The van der Waals surface area contributed by atoms with Crippen LogP contribution >= 0.6 is 0 Å². The number of pyridine rings is 1. The van der Waals surface area contributed by atoms with Crippen molar-refractivity contribution in [2.75, 3.05) is 13.7 Å². The normalized spacial score (nSPS) is 10.6. The number of fused-ring (bicyclic) bond motifs is 1. The molecule has 0 bridgehead atoms. The fraction of sp³-hybridized carbons (Fsp3) is 0.176. The minimum absolute atomic E-state index is 0.218. The number of methoxy groups -OCH3 is 1. The third kappa shape index (κ3) is 2.96. The minimum atomic E-state index is -0.529. The molecule has 122 valence electrons. The Labute approximate surface area is 137 Å². The number of nitrogens with zero attached hydrogens (tertiary/aromatic N) is 2. The van der Waals surface area contributed by atoms with Gasteiger partial charge >= 0.3 is 5.97 Å². The first-order chi connectivity index (χ1) is 11.6. The van der Waals surface area contributed by atoms with Gasteiger partial charge in [-0.15, -0.1) is 0 Å². The molecule has 2 aromatic heterocycles. The number of carbonyl (C=O) groups excluding carboxylic acids is 2. The SMILES string of the molecule is COC(=O)CNC(=O)c1cc(-c2ccccc2)nc2onc(C)c12. The highest BCUT2D eigenvalue weighted by atomic mass is 16.5. The van der Waals surface area contributed by atoms with Gasteiger partial charge < -0.3 is 14.6 Å². The number of hydrogen-bond donors (Lipinski definition) is 1. The Hall–Kier alpha value is -3.22. The number of hydrogen-bond acceptors (Lipinski definition) is 6. The van der Waals surface area contributed by atoms with E-state index >= 15 is 0 Å². The molecule has 0 saturated carbocycles. The van der Waals surface area contributed by atoms with E-state index in [2.05, 4.69) is 20.2 Å². The van der Waals surface area contributed by atoms with Crippen molar-refractivity contribution in [2.45, 2.75) is 6.92 Å². The van der Waals surface area contributed by atoms with Crippen LogP contribution in [0, 0.1) is 6.92 Å². The smallest absolute Gasteiger partial charge is 0.325 e. The summed E-state index contributed by atoms with van der Waals surface area (Å²) < 4.78 is 9.74. The van der Waals surface area contributed by atoms with E-state index in [0.717, 1.165) is 5.56 Å². The Kier molecular flexibility index (Phi) is 4.24. The number of aromatic nitrogens is 2. The number of rotatable bonds is 4. The molecule has 7 heteroatoms. The van der Waals surface area contributed by atoms with Gasteiger partial charge in [0.15, 0.2) is 0 Å². The van der Waals surface area contributed by atoms with E-state index in [9.17, 15) is 9.59 Å². The van der Waals surface area contributed by atoms with Gasteiger partial charge in [0.1, 0.15) is 6.54 Å². The molecule has 0 fully saturated rings. The quantitative estimate of drug-likeness (QED) is 0.738. The molecule has 0 aliphatic carbocycles. The average Bonchev–Trinajstić information content (AvgIpc) is 3.00. The maximum Gasteiger partial charge on any atom is 0.325 e. The summed E-state index contributed by atoms with van der Waals surface area (Å²) in [6.07, 6.45) is 0. The predicted molar refractivity (Wildman–Crippen MR) is 86.3 cm³/mol. The highest BCUT2D eigenvalue weighted by molar-refractivity contribution is 6.07. The van der Waals surface area contributed by atoms with Crippen molar-refractivity contribution in [1.82, 2.24) is 15.5 Å². The molecular formula is C17H15N3O4. The molecule has 0 saturated heterocycles. The minimum Gasteiger partial charge on any atom is -0.468 e. The van der Waals surface area contributed by atoms with Crippen LogP contribution in [0.25, 0.3) is 22.4 Å². The van der Waals surface area contributed by atoms with Crippen LogP contribution in [0.5, 0.6) is 0 Å². The van der Waals surface area contributed by atoms with Crippen molar-refractivity contribution in [3.05, 3.63) is 47.7 Å². The summed E-state index contributed by atoms with van der Waals surface area (Å²) in [5.74, 6) is -0.949. The average molecular weight is 325 g/mol. The Bertz CT molecular complexity index is 903. The fourth-order valence-electron chi connectivity index (χ4n) is 2.35. The monoisotopic (exact) mass is 325 g/mol. The van der Waals surface area contributed by atoms with Crippen molar-refractivity contribution in [3.63, 3.8) is 0 Å². The first kappa shape index (κ1) is 15.7. The molecule has 0 atom stereocenters. The molecule has 1 amide bonds. The van der Waals surface area contributed by atoms with Gasteiger partial charge in [-0.3, -0.25) is 9.59 Å². The van der Waals surface area contributed by atoms with E-state index in [1.807, 2.05) is 30.3 Å². The van der Waals surface area contributed by atoms with Gasteiger partial charge in [0.2, 0.25) is 0 Å². The zero-order chi connectivity index (χ0) is 17.1. The molecule has 3 aromatic rings. The van der Waals surface area contributed by atoms with Gasteiger partial charge in [-0.05, 0) is 13.0 Å². The summed E-state index contributed by atoms with van der Waals surface area (Å²) in [5.41, 5.74) is 2.61. The third-order valence-corrected chi connectivity index (χ3v) is 3.55. The summed E-state index contributed by atoms with van der Waals surface area (Å²) in [7, 11) is 1.26. The zero-order valence-electron chi connectivity index (χ0n) is 13.2. The molecule has 1 N–H and O–H groups in total. The van der Waals surface area contributed by atoms with Crippen LogP contribution in [0.4, 0.5) is 0 Å². The van der Waals surface area contributed by atoms with Crippen LogP contribution in [0.3, 0.4) is 0 Å². The Morgan fingerprint density at radius 2 is 2.00 bits per heavy atom. The molecule has 0 spiro atoms. The Morgan fingerprint density at radius 1 is 1.25 bits per heavy atom. The van der Waals surface area contributed by atoms with Crippen LogP contribution in [-0.2, 0) is 9.53 Å². The van der Waals surface area contributed by atoms with E-state index < -0.39 is 11.9 Å². The number of ether oxygens (including phenoxy) is 1. The molecule has 1 aromatic carbocycles. The van der Waals surface area contributed by atoms with Gasteiger partial charge in [-0.2, -0.15) is 0 Å². The summed E-state index contributed by atoms with van der Waals surface area (Å²) in [5, 5.41) is 6.93. The number of amides is 1. The lowest BCUT2D eigenvalue weighted by molar-refractivity contribution is -0.139.